The molecule has 2 amide bonds. The van der Waals surface area contributed by atoms with Crippen LogP contribution in [0.2, 0.25) is 5.02 Å². The molecule has 19 heavy (non-hydrogen) atoms. The minimum atomic E-state index is -0.715. The number of benzene rings is 1. The second kappa shape index (κ2) is 7.08. The van der Waals surface area contributed by atoms with Crippen LogP contribution in [0.25, 0.3) is 0 Å². The highest BCUT2D eigenvalue weighted by Gasteiger charge is 2.15. The fraction of sp³-hybridized carbons (Fsp3) is 0.333. The lowest BCUT2D eigenvalue weighted by Crippen LogP contribution is -2.36. The standard InChI is InChI=1S/C12H16ClN3O3/c1-19-5-4-9(14)12(18)16-10-6-7(11(15)17)2-3-8(10)13/h2-3,6,9H,4-5,14H2,1H3,(H2,15,17)(H,16,18). The molecule has 7 heteroatoms. The number of primary amides is 1. The summed E-state index contributed by atoms with van der Waals surface area (Å²) in [5, 5.41) is 2.86. The Morgan fingerprint density at radius 3 is 2.74 bits per heavy atom. The Labute approximate surface area is 116 Å². The SMILES string of the molecule is COCCC(N)C(=O)Nc1cc(C(N)=O)ccc1Cl. The summed E-state index contributed by atoms with van der Waals surface area (Å²) in [4.78, 5) is 22.8. The number of anilines is 1. The third-order valence-corrected chi connectivity index (χ3v) is 2.81. The lowest BCUT2D eigenvalue weighted by molar-refractivity contribution is -0.117. The van der Waals surface area contributed by atoms with Gasteiger partial charge >= 0.3 is 0 Å². The molecule has 1 atom stereocenters. The van der Waals surface area contributed by atoms with Crippen LogP contribution in [-0.2, 0) is 9.53 Å². The maximum absolute atomic E-state index is 11.8. The van der Waals surface area contributed by atoms with E-state index in [0.29, 0.717) is 23.7 Å². The zero-order chi connectivity index (χ0) is 14.4. The monoisotopic (exact) mass is 285 g/mol. The van der Waals surface area contributed by atoms with Crippen LogP contribution in [0.3, 0.4) is 0 Å². The fourth-order valence-corrected chi connectivity index (χ4v) is 1.54. The first-order chi connectivity index (χ1) is 8.95. The highest BCUT2D eigenvalue weighted by molar-refractivity contribution is 6.34. The van der Waals surface area contributed by atoms with Crippen molar-refractivity contribution in [1.82, 2.24) is 0 Å². The largest absolute Gasteiger partial charge is 0.385 e. The number of rotatable bonds is 6. The molecule has 6 nitrogen and oxygen atoms in total. The molecule has 0 bridgehead atoms. The van der Waals surface area contributed by atoms with Crippen LogP contribution in [0.1, 0.15) is 16.8 Å². The van der Waals surface area contributed by atoms with Crippen molar-refractivity contribution in [2.45, 2.75) is 12.5 Å². The molecule has 1 aromatic rings. The van der Waals surface area contributed by atoms with Gasteiger partial charge in [-0.3, -0.25) is 9.59 Å². The minimum Gasteiger partial charge on any atom is -0.385 e. The number of nitrogens with one attached hydrogen (secondary N) is 1. The molecule has 0 saturated carbocycles. The van der Waals surface area contributed by atoms with E-state index in [-0.39, 0.29) is 5.56 Å². The summed E-state index contributed by atoms with van der Waals surface area (Å²) >= 11 is 5.92. The molecule has 0 saturated heterocycles. The topological polar surface area (TPSA) is 107 Å². The van der Waals surface area contributed by atoms with Gasteiger partial charge in [-0.15, -0.1) is 0 Å². The molecule has 1 aromatic carbocycles. The van der Waals surface area contributed by atoms with Crippen LogP contribution >= 0.6 is 11.6 Å². The van der Waals surface area contributed by atoms with E-state index in [1.807, 2.05) is 0 Å². The molecule has 0 heterocycles. The number of nitrogens with two attached hydrogens (primary N) is 2. The molecule has 0 aliphatic heterocycles. The van der Waals surface area contributed by atoms with Crippen LogP contribution in [-0.4, -0.2) is 31.6 Å². The van der Waals surface area contributed by atoms with Crippen LogP contribution < -0.4 is 16.8 Å². The van der Waals surface area contributed by atoms with E-state index < -0.39 is 17.9 Å². The molecule has 0 radical (unpaired) electrons. The molecule has 0 aliphatic carbocycles. The van der Waals surface area contributed by atoms with E-state index in [4.69, 9.17) is 27.8 Å². The predicted molar refractivity (Wildman–Crippen MR) is 73.1 cm³/mol. The fourth-order valence-electron chi connectivity index (χ4n) is 1.38. The van der Waals surface area contributed by atoms with Gasteiger partial charge in [0.2, 0.25) is 11.8 Å². The van der Waals surface area contributed by atoms with E-state index in [9.17, 15) is 9.59 Å². The number of carbonyl (C=O) groups is 2. The molecule has 1 rings (SSSR count). The van der Waals surface area contributed by atoms with Gasteiger partial charge < -0.3 is 21.5 Å². The molecule has 0 aromatic heterocycles. The van der Waals surface area contributed by atoms with Crippen LogP contribution in [0.4, 0.5) is 5.69 Å². The average Bonchev–Trinajstić information content (AvgIpc) is 2.38. The molecular formula is C12H16ClN3O3. The Morgan fingerprint density at radius 2 is 2.16 bits per heavy atom. The second-order valence-corrected chi connectivity index (χ2v) is 4.34. The van der Waals surface area contributed by atoms with Gasteiger partial charge in [0, 0.05) is 19.3 Å². The van der Waals surface area contributed by atoms with Gasteiger partial charge in [0.05, 0.1) is 16.8 Å². The van der Waals surface area contributed by atoms with Gasteiger partial charge in [0.1, 0.15) is 0 Å². The van der Waals surface area contributed by atoms with Crippen molar-refractivity contribution < 1.29 is 14.3 Å². The normalized spacial score (nSPS) is 11.9. The lowest BCUT2D eigenvalue weighted by atomic mass is 10.1. The smallest absolute Gasteiger partial charge is 0.248 e. The summed E-state index contributed by atoms with van der Waals surface area (Å²) in [6.45, 7) is 0.379. The van der Waals surface area contributed by atoms with Crippen molar-refractivity contribution >= 4 is 29.1 Å². The van der Waals surface area contributed by atoms with Crippen molar-refractivity contribution in [3.05, 3.63) is 28.8 Å². The molecule has 1 unspecified atom stereocenters. The number of methoxy groups -OCH3 is 1. The Hall–Kier alpha value is -1.63. The summed E-state index contributed by atoms with van der Waals surface area (Å²) in [6.07, 6.45) is 0.384. The Kier molecular flexibility index (Phi) is 5.75. The molecule has 104 valence electrons. The van der Waals surface area contributed by atoms with E-state index in [1.54, 1.807) is 0 Å². The Morgan fingerprint density at radius 1 is 1.47 bits per heavy atom. The first kappa shape index (κ1) is 15.4. The number of halogens is 1. The van der Waals surface area contributed by atoms with E-state index >= 15 is 0 Å². The average molecular weight is 286 g/mol. The predicted octanol–water partition coefficient (Wildman–Crippen LogP) is 0.741. The third-order valence-electron chi connectivity index (χ3n) is 2.48. The zero-order valence-electron chi connectivity index (χ0n) is 10.5. The molecule has 5 N–H and O–H groups in total. The van der Waals surface area contributed by atoms with Crippen molar-refractivity contribution in [3.63, 3.8) is 0 Å². The maximum Gasteiger partial charge on any atom is 0.248 e. The number of amides is 2. The summed E-state index contributed by atoms with van der Waals surface area (Å²) in [6, 6.07) is 3.66. The van der Waals surface area contributed by atoms with Gasteiger partial charge in [0.25, 0.3) is 0 Å². The summed E-state index contributed by atoms with van der Waals surface area (Å²) in [7, 11) is 1.53. The van der Waals surface area contributed by atoms with Gasteiger partial charge in [-0.1, -0.05) is 11.6 Å². The number of ether oxygens (including phenoxy) is 1. The molecule has 0 spiro atoms. The van der Waals surface area contributed by atoms with E-state index in [0.717, 1.165) is 0 Å². The first-order valence-electron chi connectivity index (χ1n) is 5.60. The van der Waals surface area contributed by atoms with E-state index in [1.165, 1.54) is 25.3 Å². The minimum absolute atomic E-state index is 0.255. The summed E-state index contributed by atoms with van der Waals surface area (Å²) in [5.41, 5.74) is 11.4. The Balaban J connectivity index is 2.78. The zero-order valence-corrected chi connectivity index (χ0v) is 11.2. The van der Waals surface area contributed by atoms with Gasteiger partial charge in [-0.05, 0) is 24.6 Å². The highest BCUT2D eigenvalue weighted by atomic mass is 35.5. The molecule has 0 aliphatic rings. The van der Waals surface area contributed by atoms with Gasteiger partial charge in [0.15, 0.2) is 0 Å². The maximum atomic E-state index is 11.8. The molecular weight excluding hydrogens is 270 g/mol. The van der Waals surface area contributed by atoms with Crippen LogP contribution in [0.15, 0.2) is 18.2 Å². The summed E-state index contributed by atoms with van der Waals surface area (Å²) < 4.78 is 4.84. The Bertz CT molecular complexity index is 479. The molecule has 0 fully saturated rings. The van der Waals surface area contributed by atoms with Gasteiger partial charge in [-0.2, -0.15) is 0 Å². The number of hydrogen-bond donors (Lipinski definition) is 3. The van der Waals surface area contributed by atoms with Crippen molar-refractivity contribution in [2.75, 3.05) is 19.0 Å². The quantitative estimate of drug-likeness (QED) is 0.716. The van der Waals surface area contributed by atoms with Crippen LogP contribution in [0, 0.1) is 0 Å². The number of hydrogen-bond acceptors (Lipinski definition) is 4. The van der Waals surface area contributed by atoms with Crippen molar-refractivity contribution in [2.24, 2.45) is 11.5 Å². The third kappa shape index (κ3) is 4.51. The second-order valence-electron chi connectivity index (χ2n) is 3.94. The first-order valence-corrected chi connectivity index (χ1v) is 5.98. The van der Waals surface area contributed by atoms with Crippen molar-refractivity contribution in [3.8, 4) is 0 Å². The lowest BCUT2D eigenvalue weighted by Gasteiger charge is -2.13. The van der Waals surface area contributed by atoms with E-state index in [2.05, 4.69) is 5.32 Å². The van der Waals surface area contributed by atoms with Gasteiger partial charge in [-0.25, -0.2) is 0 Å². The van der Waals surface area contributed by atoms with Crippen LogP contribution in [0.5, 0.6) is 0 Å². The highest BCUT2D eigenvalue weighted by Crippen LogP contribution is 2.23. The summed E-state index contributed by atoms with van der Waals surface area (Å²) in [5.74, 6) is -1.00. The van der Waals surface area contributed by atoms with Crippen molar-refractivity contribution in [1.29, 1.82) is 0 Å². The number of carbonyl (C=O) groups excluding carboxylic acids is 2.